The molecule has 0 radical (unpaired) electrons. The summed E-state index contributed by atoms with van der Waals surface area (Å²) in [5, 5.41) is 12.4. The highest BCUT2D eigenvalue weighted by atomic mass is 35.5. The van der Waals surface area contributed by atoms with Crippen LogP contribution in [0.5, 0.6) is 0 Å². The Balaban J connectivity index is 1.67. The Kier molecular flexibility index (Phi) is 5.28. The summed E-state index contributed by atoms with van der Waals surface area (Å²) in [6.45, 7) is 4.02. The van der Waals surface area contributed by atoms with Gasteiger partial charge in [-0.2, -0.15) is 0 Å². The summed E-state index contributed by atoms with van der Waals surface area (Å²) in [6.07, 6.45) is 0.744. The van der Waals surface area contributed by atoms with Gasteiger partial charge in [0.1, 0.15) is 5.25 Å². The van der Waals surface area contributed by atoms with Crippen molar-refractivity contribution in [3.05, 3.63) is 70.5 Å². The molecule has 6 nitrogen and oxygen atoms in total. The highest BCUT2D eigenvalue weighted by Gasteiger charge is 2.37. The Labute approximate surface area is 172 Å². The van der Waals surface area contributed by atoms with Gasteiger partial charge in [-0.25, -0.2) is 4.68 Å². The molecule has 0 unspecified atom stereocenters. The maximum absolute atomic E-state index is 13.2. The largest absolute Gasteiger partial charge is 0.325 e. The minimum atomic E-state index is -0.414. The summed E-state index contributed by atoms with van der Waals surface area (Å²) in [6, 6.07) is 15.1. The molecule has 0 spiro atoms. The molecule has 1 aliphatic rings. The second-order valence-electron chi connectivity index (χ2n) is 6.64. The number of nitrogens with one attached hydrogen (secondary N) is 2. The summed E-state index contributed by atoms with van der Waals surface area (Å²) < 4.78 is 1.88. The van der Waals surface area contributed by atoms with E-state index in [9.17, 15) is 4.79 Å². The van der Waals surface area contributed by atoms with Crippen LogP contribution in [0.2, 0.25) is 5.02 Å². The second kappa shape index (κ2) is 7.85. The van der Waals surface area contributed by atoms with Gasteiger partial charge in [0.05, 0.1) is 6.04 Å². The number of carbonyl (C=O) groups excluding carboxylic acids is 1. The van der Waals surface area contributed by atoms with Gasteiger partial charge in [0.25, 0.3) is 0 Å². The zero-order chi connectivity index (χ0) is 19.7. The summed E-state index contributed by atoms with van der Waals surface area (Å²) >= 11 is 7.47. The van der Waals surface area contributed by atoms with E-state index in [1.807, 2.05) is 67.1 Å². The summed E-state index contributed by atoms with van der Waals surface area (Å²) in [7, 11) is 0. The predicted octanol–water partition coefficient (Wildman–Crippen LogP) is 4.20. The molecular weight excluding hydrogens is 394 g/mol. The lowest BCUT2D eigenvalue weighted by Crippen LogP contribution is -2.41. The van der Waals surface area contributed by atoms with Gasteiger partial charge in [-0.05, 0) is 42.3 Å². The molecule has 28 heavy (non-hydrogen) atoms. The van der Waals surface area contributed by atoms with E-state index in [-0.39, 0.29) is 11.9 Å². The third kappa shape index (κ3) is 3.72. The number of anilines is 1. The fourth-order valence-electron chi connectivity index (χ4n) is 3.18. The molecule has 0 saturated carbocycles. The molecule has 8 heteroatoms. The van der Waals surface area contributed by atoms with Crippen molar-refractivity contribution in [3.8, 4) is 0 Å². The number of benzene rings is 2. The zero-order valence-electron chi connectivity index (χ0n) is 15.5. The molecule has 3 aromatic rings. The van der Waals surface area contributed by atoms with Crippen molar-refractivity contribution in [2.75, 3.05) is 10.7 Å². The number of aryl methyl sites for hydroxylation is 2. The number of amides is 1. The molecule has 144 valence electrons. The van der Waals surface area contributed by atoms with Gasteiger partial charge >= 0.3 is 0 Å². The van der Waals surface area contributed by atoms with Gasteiger partial charge in [0.15, 0.2) is 5.82 Å². The lowest BCUT2D eigenvalue weighted by Gasteiger charge is -2.33. The summed E-state index contributed by atoms with van der Waals surface area (Å²) in [4.78, 5) is 13.2. The molecule has 2 aromatic carbocycles. The number of nitrogens with zero attached hydrogens (tertiary/aromatic N) is 3. The Hall–Kier alpha value is -2.51. The van der Waals surface area contributed by atoms with Gasteiger partial charge in [0, 0.05) is 17.1 Å². The molecule has 0 fully saturated rings. The highest BCUT2D eigenvalue weighted by molar-refractivity contribution is 8.00. The molecule has 1 aliphatic heterocycles. The maximum atomic E-state index is 13.2. The van der Waals surface area contributed by atoms with Gasteiger partial charge in [-0.1, -0.05) is 54.6 Å². The summed E-state index contributed by atoms with van der Waals surface area (Å²) in [5.74, 6) is 0.745. The van der Waals surface area contributed by atoms with Crippen LogP contribution in [0.4, 0.5) is 5.69 Å². The molecule has 0 saturated heterocycles. The quantitative estimate of drug-likeness (QED) is 0.670. The van der Waals surface area contributed by atoms with Crippen LogP contribution in [0.15, 0.2) is 53.7 Å². The molecule has 2 atom stereocenters. The van der Waals surface area contributed by atoms with E-state index in [2.05, 4.69) is 20.9 Å². The lowest BCUT2D eigenvalue weighted by molar-refractivity contribution is -0.116. The van der Waals surface area contributed by atoms with Gasteiger partial charge < -0.3 is 10.7 Å². The highest BCUT2D eigenvalue weighted by Crippen LogP contribution is 2.37. The summed E-state index contributed by atoms with van der Waals surface area (Å²) in [5.41, 5.74) is 6.27. The van der Waals surface area contributed by atoms with E-state index >= 15 is 0 Å². The zero-order valence-corrected chi connectivity index (χ0v) is 17.1. The predicted molar refractivity (Wildman–Crippen MR) is 112 cm³/mol. The molecular formula is C20H20ClN5OS. The van der Waals surface area contributed by atoms with E-state index in [4.69, 9.17) is 11.6 Å². The van der Waals surface area contributed by atoms with Crippen molar-refractivity contribution in [2.45, 2.75) is 36.7 Å². The number of hydrogen-bond donors (Lipinski definition) is 2. The third-order valence-corrected chi connectivity index (χ3v) is 6.06. The Bertz CT molecular complexity index is 1000. The van der Waals surface area contributed by atoms with Crippen molar-refractivity contribution in [3.63, 3.8) is 0 Å². The van der Waals surface area contributed by atoms with Crippen LogP contribution >= 0.6 is 23.4 Å². The topological polar surface area (TPSA) is 71.8 Å². The van der Waals surface area contributed by atoms with Crippen LogP contribution < -0.4 is 10.7 Å². The average Bonchev–Trinajstić information content (AvgIpc) is 3.09. The SMILES string of the molecule is CCc1nnc2n1N[C@@H](c1ccc(Cl)cc1)[C@@H](C(=O)Nc1cccc(C)c1)S2. The van der Waals surface area contributed by atoms with Crippen LogP contribution in [0.3, 0.4) is 0 Å². The number of fused-ring (bicyclic) bond motifs is 1. The first kappa shape index (κ1) is 18.8. The van der Waals surface area contributed by atoms with Crippen LogP contribution in [0, 0.1) is 6.92 Å². The molecule has 2 N–H and O–H groups in total. The maximum Gasteiger partial charge on any atom is 0.240 e. The van der Waals surface area contributed by atoms with Crippen molar-refractivity contribution >= 4 is 35.0 Å². The normalized spacial score (nSPS) is 18.2. The van der Waals surface area contributed by atoms with Crippen molar-refractivity contribution in [1.82, 2.24) is 14.9 Å². The van der Waals surface area contributed by atoms with E-state index in [1.54, 1.807) is 0 Å². The van der Waals surface area contributed by atoms with Crippen molar-refractivity contribution in [2.24, 2.45) is 0 Å². The average molecular weight is 414 g/mol. The molecule has 2 heterocycles. The number of aromatic nitrogens is 3. The molecule has 1 aromatic heterocycles. The van der Waals surface area contributed by atoms with E-state index in [0.717, 1.165) is 29.1 Å². The number of carbonyl (C=O) groups is 1. The van der Waals surface area contributed by atoms with Crippen molar-refractivity contribution in [1.29, 1.82) is 0 Å². The monoisotopic (exact) mass is 413 g/mol. The van der Waals surface area contributed by atoms with Gasteiger partial charge in [-0.3, -0.25) is 4.79 Å². The second-order valence-corrected chi connectivity index (χ2v) is 8.19. The Morgan fingerprint density at radius 2 is 2.04 bits per heavy atom. The first-order valence-corrected chi connectivity index (χ1v) is 10.3. The fourth-order valence-corrected chi connectivity index (χ4v) is 4.41. The van der Waals surface area contributed by atoms with Crippen LogP contribution in [0.25, 0.3) is 0 Å². The van der Waals surface area contributed by atoms with E-state index in [1.165, 1.54) is 11.8 Å². The lowest BCUT2D eigenvalue weighted by atomic mass is 10.0. The van der Waals surface area contributed by atoms with E-state index in [0.29, 0.717) is 10.2 Å². The molecule has 0 aliphatic carbocycles. The first-order chi connectivity index (χ1) is 13.5. The minimum Gasteiger partial charge on any atom is -0.325 e. The molecule has 4 rings (SSSR count). The number of hydrogen-bond acceptors (Lipinski definition) is 5. The van der Waals surface area contributed by atoms with Crippen molar-refractivity contribution < 1.29 is 4.79 Å². The van der Waals surface area contributed by atoms with E-state index < -0.39 is 5.25 Å². The van der Waals surface area contributed by atoms with Gasteiger partial charge in [-0.15, -0.1) is 10.2 Å². The van der Waals surface area contributed by atoms with Crippen LogP contribution in [-0.2, 0) is 11.2 Å². The van der Waals surface area contributed by atoms with Crippen LogP contribution in [-0.4, -0.2) is 26.0 Å². The Morgan fingerprint density at radius 3 is 2.75 bits per heavy atom. The number of rotatable bonds is 4. The smallest absolute Gasteiger partial charge is 0.240 e. The standard InChI is InChI=1S/C20H20ClN5OS/c1-3-16-23-24-20-26(16)25-17(13-7-9-14(21)10-8-13)18(28-20)19(27)22-15-6-4-5-12(2)11-15/h4-11,17-18,25H,3H2,1-2H3,(H,22,27)/t17-,18-/m0/s1. The third-order valence-electron chi connectivity index (χ3n) is 4.59. The van der Waals surface area contributed by atoms with Crippen LogP contribution in [0.1, 0.15) is 29.9 Å². The minimum absolute atomic E-state index is 0.0876. The Morgan fingerprint density at radius 1 is 1.25 bits per heavy atom. The molecule has 0 bridgehead atoms. The number of thioether (sulfide) groups is 1. The molecule has 1 amide bonds. The number of halogens is 1. The fraction of sp³-hybridized carbons (Fsp3) is 0.250. The first-order valence-electron chi connectivity index (χ1n) is 9.05. The van der Waals surface area contributed by atoms with Gasteiger partial charge in [0.2, 0.25) is 11.1 Å².